The lowest BCUT2D eigenvalue weighted by molar-refractivity contribution is -0.274. The highest BCUT2D eigenvalue weighted by Crippen LogP contribution is 2.31. The molecule has 1 fully saturated rings. The van der Waals surface area contributed by atoms with Crippen molar-refractivity contribution < 1.29 is 17.9 Å². The van der Waals surface area contributed by atoms with Crippen LogP contribution in [0, 0.1) is 0 Å². The van der Waals surface area contributed by atoms with Crippen LogP contribution in [0.2, 0.25) is 0 Å². The number of alkyl halides is 3. The molecule has 0 spiro atoms. The van der Waals surface area contributed by atoms with Crippen molar-refractivity contribution in [3.05, 3.63) is 58.6 Å². The molecule has 0 amide bonds. The fourth-order valence-electron chi connectivity index (χ4n) is 4.26. The van der Waals surface area contributed by atoms with E-state index in [0.29, 0.717) is 22.6 Å². The van der Waals surface area contributed by atoms with Gasteiger partial charge in [-0.2, -0.15) is 0 Å². The van der Waals surface area contributed by atoms with Gasteiger partial charge in [0, 0.05) is 52.9 Å². The number of hydrogen-bond donors (Lipinski definition) is 3. The molecule has 0 atom stereocenters. The van der Waals surface area contributed by atoms with Crippen LogP contribution in [0.15, 0.2) is 53.0 Å². The minimum atomic E-state index is -4.72. The van der Waals surface area contributed by atoms with Crippen LogP contribution in [-0.2, 0) is 6.54 Å². The largest absolute Gasteiger partial charge is 0.573 e. The van der Waals surface area contributed by atoms with Gasteiger partial charge < -0.3 is 20.7 Å². The standard InChI is InChI=1S/C24H26BrF3N4O/c1-29-21-13-23(32-20-5-3-2-4-19(20)21)31-18-10-8-17(9-11-18)30-14-15-6-7-16(25)12-22(15)33-24(26,27)28/h2-7,12-13,17-18,30H,8-11,14H2,1H3,(H2,29,31,32). The molecule has 1 aliphatic carbocycles. The Morgan fingerprint density at radius 2 is 1.76 bits per heavy atom. The summed E-state index contributed by atoms with van der Waals surface area (Å²) in [6, 6.07) is 15.3. The predicted octanol–water partition coefficient (Wildman–Crippen LogP) is 6.45. The third kappa shape index (κ3) is 6.29. The number of hydrogen-bond acceptors (Lipinski definition) is 5. The highest BCUT2D eigenvalue weighted by atomic mass is 79.9. The number of para-hydroxylation sites is 1. The summed E-state index contributed by atoms with van der Waals surface area (Å²) in [6.45, 7) is 0.319. The number of nitrogens with zero attached hydrogens (tertiary/aromatic N) is 1. The third-order valence-corrected chi connectivity index (χ3v) is 6.39. The zero-order valence-electron chi connectivity index (χ0n) is 18.2. The highest BCUT2D eigenvalue weighted by Gasteiger charge is 2.32. The van der Waals surface area contributed by atoms with E-state index in [-0.39, 0.29) is 11.8 Å². The first-order valence-electron chi connectivity index (χ1n) is 10.9. The summed E-state index contributed by atoms with van der Waals surface area (Å²) in [4.78, 5) is 4.74. The molecule has 4 rings (SSSR count). The maximum Gasteiger partial charge on any atom is 0.573 e. The molecule has 5 nitrogen and oxygen atoms in total. The number of fused-ring (bicyclic) bond motifs is 1. The number of benzene rings is 2. The molecular formula is C24H26BrF3N4O. The second kappa shape index (κ2) is 10.2. The Bertz CT molecular complexity index is 1100. The predicted molar refractivity (Wildman–Crippen MR) is 129 cm³/mol. The maximum atomic E-state index is 12.7. The van der Waals surface area contributed by atoms with E-state index in [2.05, 4.69) is 36.6 Å². The van der Waals surface area contributed by atoms with Crippen molar-refractivity contribution in [2.75, 3.05) is 17.7 Å². The Morgan fingerprint density at radius 1 is 1.03 bits per heavy atom. The van der Waals surface area contributed by atoms with Crippen molar-refractivity contribution in [2.24, 2.45) is 0 Å². The number of ether oxygens (including phenoxy) is 1. The fourth-order valence-corrected chi connectivity index (χ4v) is 4.60. The molecule has 1 saturated carbocycles. The Balaban J connectivity index is 1.33. The molecule has 3 N–H and O–H groups in total. The molecule has 0 unspecified atom stereocenters. The van der Waals surface area contributed by atoms with Crippen LogP contribution < -0.4 is 20.7 Å². The van der Waals surface area contributed by atoms with Gasteiger partial charge in [0.15, 0.2) is 0 Å². The normalized spacial score (nSPS) is 18.8. The Kier molecular flexibility index (Phi) is 7.29. The summed E-state index contributed by atoms with van der Waals surface area (Å²) >= 11 is 3.20. The van der Waals surface area contributed by atoms with Crippen molar-refractivity contribution in [3.63, 3.8) is 0 Å². The number of pyridine rings is 1. The summed E-state index contributed by atoms with van der Waals surface area (Å²) in [6.07, 6.45) is -0.962. The molecule has 0 saturated heterocycles. The van der Waals surface area contributed by atoms with Gasteiger partial charge in [-0.3, -0.25) is 0 Å². The van der Waals surface area contributed by atoms with Gasteiger partial charge in [0.25, 0.3) is 0 Å². The van der Waals surface area contributed by atoms with E-state index >= 15 is 0 Å². The molecule has 2 aromatic carbocycles. The van der Waals surface area contributed by atoms with E-state index in [1.165, 1.54) is 6.07 Å². The summed E-state index contributed by atoms with van der Waals surface area (Å²) in [5.41, 5.74) is 2.45. The van der Waals surface area contributed by atoms with Crippen molar-refractivity contribution in [1.29, 1.82) is 0 Å². The molecule has 0 bridgehead atoms. The fraction of sp³-hybridized carbons (Fsp3) is 0.375. The Hall–Kier alpha value is -2.52. The zero-order chi connectivity index (χ0) is 23.4. The Labute approximate surface area is 199 Å². The van der Waals surface area contributed by atoms with Gasteiger partial charge in [0.2, 0.25) is 0 Å². The first-order valence-corrected chi connectivity index (χ1v) is 11.7. The maximum absolute atomic E-state index is 12.7. The Morgan fingerprint density at radius 3 is 2.48 bits per heavy atom. The lowest BCUT2D eigenvalue weighted by Crippen LogP contribution is -2.36. The molecule has 176 valence electrons. The van der Waals surface area contributed by atoms with Gasteiger partial charge in [-0.05, 0) is 43.9 Å². The van der Waals surface area contributed by atoms with Crippen LogP contribution in [-0.4, -0.2) is 30.5 Å². The number of nitrogens with one attached hydrogen (secondary N) is 3. The van der Waals surface area contributed by atoms with Crippen molar-refractivity contribution >= 4 is 38.3 Å². The van der Waals surface area contributed by atoms with E-state index in [1.54, 1.807) is 12.1 Å². The molecule has 3 aromatic rings. The van der Waals surface area contributed by atoms with Crippen molar-refractivity contribution in [2.45, 2.75) is 50.7 Å². The van der Waals surface area contributed by atoms with Gasteiger partial charge in [0.1, 0.15) is 11.6 Å². The third-order valence-electron chi connectivity index (χ3n) is 5.90. The van der Waals surface area contributed by atoms with Gasteiger partial charge in [-0.25, -0.2) is 4.98 Å². The van der Waals surface area contributed by atoms with E-state index < -0.39 is 6.36 Å². The average molecular weight is 523 g/mol. The monoisotopic (exact) mass is 522 g/mol. The van der Waals surface area contributed by atoms with Gasteiger partial charge in [-0.1, -0.05) is 40.2 Å². The van der Waals surface area contributed by atoms with Crippen LogP contribution >= 0.6 is 15.9 Å². The molecule has 1 aliphatic rings. The molecule has 33 heavy (non-hydrogen) atoms. The first-order chi connectivity index (χ1) is 15.8. The molecule has 9 heteroatoms. The number of rotatable bonds is 7. The van der Waals surface area contributed by atoms with Gasteiger partial charge in [0.05, 0.1) is 5.52 Å². The van der Waals surface area contributed by atoms with Crippen LogP contribution in [0.25, 0.3) is 10.9 Å². The van der Waals surface area contributed by atoms with Crippen molar-refractivity contribution in [1.82, 2.24) is 10.3 Å². The van der Waals surface area contributed by atoms with Crippen LogP contribution in [0.5, 0.6) is 5.75 Å². The molecular weight excluding hydrogens is 497 g/mol. The van der Waals surface area contributed by atoms with Gasteiger partial charge >= 0.3 is 6.36 Å². The molecule has 0 radical (unpaired) electrons. The van der Waals surface area contributed by atoms with Crippen LogP contribution in [0.3, 0.4) is 0 Å². The SMILES string of the molecule is CNc1cc(NC2CCC(NCc3ccc(Br)cc3OC(F)(F)F)CC2)nc2ccccc12. The van der Waals surface area contributed by atoms with E-state index in [9.17, 15) is 13.2 Å². The smallest absolute Gasteiger partial charge is 0.405 e. The summed E-state index contributed by atoms with van der Waals surface area (Å²) in [7, 11) is 1.90. The lowest BCUT2D eigenvalue weighted by atomic mass is 9.91. The minimum absolute atomic E-state index is 0.178. The minimum Gasteiger partial charge on any atom is -0.405 e. The van der Waals surface area contributed by atoms with Crippen LogP contribution in [0.1, 0.15) is 31.2 Å². The van der Waals surface area contributed by atoms with Crippen molar-refractivity contribution in [3.8, 4) is 5.75 Å². The summed E-state index contributed by atoms with van der Waals surface area (Å²) in [5, 5.41) is 11.3. The number of halogens is 4. The summed E-state index contributed by atoms with van der Waals surface area (Å²) < 4.78 is 42.9. The summed E-state index contributed by atoms with van der Waals surface area (Å²) in [5.74, 6) is 0.667. The average Bonchev–Trinajstić information content (AvgIpc) is 2.78. The number of aromatic nitrogens is 1. The van der Waals surface area contributed by atoms with E-state index in [4.69, 9.17) is 4.98 Å². The molecule has 1 heterocycles. The first kappa shape index (κ1) is 23.6. The second-order valence-corrected chi connectivity index (χ2v) is 9.11. The quantitative estimate of drug-likeness (QED) is 0.332. The lowest BCUT2D eigenvalue weighted by Gasteiger charge is -2.30. The van der Waals surface area contributed by atoms with E-state index in [1.807, 2.05) is 37.4 Å². The second-order valence-electron chi connectivity index (χ2n) is 8.20. The van der Waals surface area contributed by atoms with Crippen LogP contribution in [0.4, 0.5) is 24.7 Å². The zero-order valence-corrected chi connectivity index (χ0v) is 19.8. The highest BCUT2D eigenvalue weighted by molar-refractivity contribution is 9.10. The molecule has 1 aromatic heterocycles. The topological polar surface area (TPSA) is 58.2 Å². The van der Waals surface area contributed by atoms with E-state index in [0.717, 1.165) is 48.1 Å². The van der Waals surface area contributed by atoms with Gasteiger partial charge in [-0.15, -0.1) is 13.2 Å². The molecule has 0 aliphatic heterocycles. The number of anilines is 2.